The molecule has 0 saturated carbocycles. The number of carboxylic acid groups (broad SMARTS) is 1. The van der Waals surface area contributed by atoms with E-state index in [1.165, 1.54) is 0 Å². The first-order valence-electron chi connectivity index (χ1n) is 9.10. The molecule has 0 spiro atoms. The first-order chi connectivity index (χ1) is 11.0. The fourth-order valence-electron chi connectivity index (χ4n) is 3.94. The molecule has 5 nitrogen and oxygen atoms in total. The van der Waals surface area contributed by atoms with Gasteiger partial charge in [0.2, 0.25) is 0 Å². The Morgan fingerprint density at radius 3 is 1.71 bits per heavy atom. The minimum atomic E-state index is -0.784. The molecule has 0 saturated heterocycles. The van der Waals surface area contributed by atoms with Crippen molar-refractivity contribution in [1.29, 1.82) is 0 Å². The van der Waals surface area contributed by atoms with Crippen LogP contribution in [0.2, 0.25) is 0 Å². The van der Waals surface area contributed by atoms with Crippen molar-refractivity contribution in [3.63, 3.8) is 0 Å². The van der Waals surface area contributed by atoms with Crippen molar-refractivity contribution in [3.8, 4) is 0 Å². The zero-order valence-electron chi connectivity index (χ0n) is 16.3. The van der Waals surface area contributed by atoms with Gasteiger partial charge in [0.15, 0.2) is 0 Å². The lowest BCUT2D eigenvalue weighted by Crippen LogP contribution is -2.54. The van der Waals surface area contributed by atoms with Crippen LogP contribution in [0.1, 0.15) is 92.9 Å². The summed E-state index contributed by atoms with van der Waals surface area (Å²) >= 11 is 0. The molecule has 0 unspecified atom stereocenters. The zero-order chi connectivity index (χ0) is 19.0. The number of carbonyl (C=O) groups is 2. The predicted molar refractivity (Wildman–Crippen MR) is 94.6 cm³/mol. The minimum Gasteiger partial charge on any atom is -0.481 e. The average Bonchev–Trinajstić information content (AvgIpc) is 2.52. The molecular weight excluding hydrogens is 308 g/mol. The molecule has 142 valence electrons. The molecule has 0 aromatic heterocycles. The Hall–Kier alpha value is -1.10. The van der Waals surface area contributed by atoms with Gasteiger partial charge in [-0.05, 0) is 36.5 Å². The summed E-state index contributed by atoms with van der Waals surface area (Å²) in [4.78, 5) is 26.9. The lowest BCUT2D eigenvalue weighted by Gasteiger charge is -2.53. The van der Waals surface area contributed by atoms with Crippen LogP contribution in [0, 0.1) is 16.2 Å². The second-order valence-electron chi connectivity index (χ2n) is 8.06. The SMILES string of the molecule is CCC(C)(C)C(CCCCCCC(=O)OO)(C(=O)O)C(C)(C)CC. The van der Waals surface area contributed by atoms with E-state index in [1.54, 1.807) is 0 Å². The van der Waals surface area contributed by atoms with E-state index in [1.807, 2.05) is 0 Å². The molecule has 0 amide bonds. The monoisotopic (exact) mass is 344 g/mol. The number of unbranched alkanes of at least 4 members (excludes halogenated alkanes) is 3. The number of aliphatic carboxylic acids is 1. The summed E-state index contributed by atoms with van der Waals surface area (Å²) in [5.41, 5.74) is -1.40. The largest absolute Gasteiger partial charge is 0.481 e. The number of carbonyl (C=O) groups excluding carboxylic acids is 1. The summed E-state index contributed by atoms with van der Waals surface area (Å²) < 4.78 is 0. The number of hydrogen-bond acceptors (Lipinski definition) is 4. The summed E-state index contributed by atoms with van der Waals surface area (Å²) in [6.45, 7) is 12.4. The summed E-state index contributed by atoms with van der Waals surface area (Å²) in [7, 11) is 0. The molecule has 0 radical (unpaired) electrons. The Balaban J connectivity index is 5.04. The number of rotatable bonds is 12. The first-order valence-corrected chi connectivity index (χ1v) is 9.10. The Labute approximate surface area is 146 Å². The second kappa shape index (κ2) is 9.40. The van der Waals surface area contributed by atoms with Gasteiger partial charge in [0.05, 0.1) is 5.41 Å². The summed E-state index contributed by atoms with van der Waals surface area (Å²) in [6.07, 6.45) is 5.60. The zero-order valence-corrected chi connectivity index (χ0v) is 16.3. The third-order valence-electron chi connectivity index (χ3n) is 6.23. The van der Waals surface area contributed by atoms with E-state index < -0.39 is 17.4 Å². The topological polar surface area (TPSA) is 83.8 Å². The van der Waals surface area contributed by atoms with Crippen molar-refractivity contribution >= 4 is 11.9 Å². The van der Waals surface area contributed by atoms with Crippen molar-refractivity contribution in [2.75, 3.05) is 0 Å². The van der Waals surface area contributed by atoms with Crippen LogP contribution in [0.15, 0.2) is 0 Å². The number of carboxylic acids is 1. The highest BCUT2D eigenvalue weighted by molar-refractivity contribution is 5.77. The van der Waals surface area contributed by atoms with Crippen molar-refractivity contribution < 1.29 is 24.8 Å². The van der Waals surface area contributed by atoms with Crippen LogP contribution < -0.4 is 0 Å². The maximum absolute atomic E-state index is 12.4. The van der Waals surface area contributed by atoms with Crippen molar-refractivity contribution in [2.45, 2.75) is 92.9 Å². The highest BCUT2D eigenvalue weighted by atomic mass is 17.1. The van der Waals surface area contributed by atoms with Gasteiger partial charge in [0.25, 0.3) is 0 Å². The fourth-order valence-corrected chi connectivity index (χ4v) is 3.94. The standard InChI is InChI=1S/C19H36O5/c1-7-17(3,4)19(16(21)22,18(5,6)8-2)14-12-10-9-11-13-15(20)24-23/h23H,7-14H2,1-6H3,(H,21,22). The maximum Gasteiger partial charge on any atom is 0.342 e. The Bertz CT molecular complexity index is 396. The Morgan fingerprint density at radius 2 is 1.33 bits per heavy atom. The molecule has 5 heteroatoms. The van der Waals surface area contributed by atoms with Gasteiger partial charge in [-0.25, -0.2) is 4.79 Å². The van der Waals surface area contributed by atoms with Crippen LogP contribution in [-0.4, -0.2) is 22.3 Å². The van der Waals surface area contributed by atoms with E-state index in [4.69, 9.17) is 5.26 Å². The quantitative estimate of drug-likeness (QED) is 0.285. The van der Waals surface area contributed by atoms with Crippen molar-refractivity contribution in [1.82, 2.24) is 0 Å². The van der Waals surface area contributed by atoms with Crippen LogP contribution in [0.25, 0.3) is 0 Å². The molecule has 24 heavy (non-hydrogen) atoms. The van der Waals surface area contributed by atoms with E-state index in [-0.39, 0.29) is 17.3 Å². The van der Waals surface area contributed by atoms with Crippen LogP contribution >= 0.6 is 0 Å². The third kappa shape index (κ3) is 4.95. The molecule has 0 atom stereocenters. The van der Waals surface area contributed by atoms with Gasteiger partial charge in [-0.3, -0.25) is 4.79 Å². The molecule has 0 aliphatic rings. The van der Waals surface area contributed by atoms with Gasteiger partial charge in [0, 0.05) is 6.42 Å². The molecule has 0 aliphatic carbocycles. The molecule has 0 aromatic rings. The van der Waals surface area contributed by atoms with Crippen LogP contribution in [0.3, 0.4) is 0 Å². The summed E-state index contributed by atoms with van der Waals surface area (Å²) in [5.74, 6) is -1.32. The lowest BCUT2D eigenvalue weighted by molar-refractivity contribution is -0.234. The molecule has 0 heterocycles. The van der Waals surface area contributed by atoms with Crippen molar-refractivity contribution in [2.24, 2.45) is 16.2 Å². The van der Waals surface area contributed by atoms with Gasteiger partial charge in [-0.1, -0.05) is 60.8 Å². The van der Waals surface area contributed by atoms with Gasteiger partial charge >= 0.3 is 11.9 Å². The van der Waals surface area contributed by atoms with E-state index in [0.29, 0.717) is 12.8 Å². The van der Waals surface area contributed by atoms with Crippen LogP contribution in [-0.2, 0) is 14.5 Å². The van der Waals surface area contributed by atoms with Crippen LogP contribution in [0.4, 0.5) is 0 Å². The molecule has 0 rings (SSSR count). The van der Waals surface area contributed by atoms with Crippen molar-refractivity contribution in [3.05, 3.63) is 0 Å². The van der Waals surface area contributed by atoms with Crippen LogP contribution in [0.5, 0.6) is 0 Å². The molecule has 0 aliphatic heterocycles. The second-order valence-corrected chi connectivity index (χ2v) is 8.06. The predicted octanol–water partition coefficient (Wildman–Crippen LogP) is 5.29. The Morgan fingerprint density at radius 1 is 0.875 bits per heavy atom. The van der Waals surface area contributed by atoms with E-state index >= 15 is 0 Å². The molecule has 0 aromatic carbocycles. The van der Waals surface area contributed by atoms with E-state index in [0.717, 1.165) is 32.1 Å². The smallest absolute Gasteiger partial charge is 0.342 e. The fraction of sp³-hybridized carbons (Fsp3) is 0.895. The minimum absolute atomic E-state index is 0.196. The molecular formula is C19H36O5. The van der Waals surface area contributed by atoms with E-state index in [9.17, 15) is 14.7 Å². The summed E-state index contributed by atoms with van der Waals surface area (Å²) in [5, 5.41) is 18.4. The van der Waals surface area contributed by atoms with E-state index in [2.05, 4.69) is 46.4 Å². The average molecular weight is 344 g/mol. The maximum atomic E-state index is 12.4. The van der Waals surface area contributed by atoms with Gasteiger partial charge in [-0.15, -0.1) is 0 Å². The molecule has 2 N–H and O–H groups in total. The Kier molecular flexibility index (Phi) is 8.97. The lowest BCUT2D eigenvalue weighted by atomic mass is 9.49. The van der Waals surface area contributed by atoms with Gasteiger partial charge in [0.1, 0.15) is 0 Å². The van der Waals surface area contributed by atoms with Gasteiger partial charge in [-0.2, -0.15) is 5.26 Å². The highest BCUT2D eigenvalue weighted by Crippen LogP contribution is 2.58. The third-order valence-corrected chi connectivity index (χ3v) is 6.23. The molecule has 0 bridgehead atoms. The molecule has 0 fully saturated rings. The first kappa shape index (κ1) is 22.9. The highest BCUT2D eigenvalue weighted by Gasteiger charge is 2.58. The summed E-state index contributed by atoms with van der Waals surface area (Å²) in [6, 6.07) is 0. The van der Waals surface area contributed by atoms with Gasteiger partial charge < -0.3 is 9.99 Å². The normalized spacial score (nSPS) is 13.0. The number of hydrogen-bond donors (Lipinski definition) is 2.